The van der Waals surface area contributed by atoms with Crippen molar-refractivity contribution in [1.82, 2.24) is 9.80 Å². The van der Waals surface area contributed by atoms with Crippen molar-refractivity contribution in [2.45, 2.75) is 18.9 Å². The van der Waals surface area contributed by atoms with Crippen molar-refractivity contribution >= 4 is 11.8 Å². The average Bonchev–Trinajstić information content (AvgIpc) is 2.16. The van der Waals surface area contributed by atoms with Gasteiger partial charge in [0.25, 0.3) is 0 Å². The van der Waals surface area contributed by atoms with Gasteiger partial charge < -0.3 is 15.5 Å². The molecule has 85 valence electrons. The van der Waals surface area contributed by atoms with Crippen molar-refractivity contribution in [2.24, 2.45) is 5.73 Å². The maximum atomic E-state index is 11.8. The van der Waals surface area contributed by atoms with E-state index < -0.39 is 11.9 Å². The third-order valence-electron chi connectivity index (χ3n) is 2.39. The van der Waals surface area contributed by atoms with Crippen LogP contribution in [0.4, 0.5) is 0 Å². The Morgan fingerprint density at radius 3 is 2.73 bits per heavy atom. The summed E-state index contributed by atoms with van der Waals surface area (Å²) in [6.45, 7) is 0.939. The fourth-order valence-electron chi connectivity index (χ4n) is 1.71. The van der Waals surface area contributed by atoms with Gasteiger partial charge >= 0.3 is 0 Å². The molecular formula is C10H18N3O2. The highest BCUT2D eigenvalue weighted by molar-refractivity contribution is 5.88. The topological polar surface area (TPSA) is 66.6 Å². The molecule has 0 aliphatic carbocycles. The third-order valence-corrected chi connectivity index (χ3v) is 2.39. The first-order valence-corrected chi connectivity index (χ1v) is 5.09. The normalized spacial score (nSPS) is 21.8. The summed E-state index contributed by atoms with van der Waals surface area (Å²) in [4.78, 5) is 26.3. The molecule has 1 radical (unpaired) electrons. The number of piperidine rings is 1. The molecule has 0 aromatic heterocycles. The minimum absolute atomic E-state index is 0.0419. The van der Waals surface area contributed by atoms with E-state index >= 15 is 0 Å². The molecule has 5 nitrogen and oxygen atoms in total. The van der Waals surface area contributed by atoms with Gasteiger partial charge in [0.05, 0.1) is 6.54 Å². The maximum Gasteiger partial charge on any atom is 0.240 e. The van der Waals surface area contributed by atoms with Crippen LogP contribution >= 0.6 is 0 Å². The quantitative estimate of drug-likeness (QED) is 0.668. The largest absolute Gasteiger partial charge is 0.368 e. The Morgan fingerprint density at radius 1 is 1.53 bits per heavy atom. The first kappa shape index (κ1) is 12.0. The minimum atomic E-state index is -0.522. The van der Waals surface area contributed by atoms with E-state index in [2.05, 4.69) is 0 Å². The molecule has 0 bridgehead atoms. The van der Waals surface area contributed by atoms with Gasteiger partial charge in [0.1, 0.15) is 6.04 Å². The molecule has 0 unspecified atom stereocenters. The summed E-state index contributed by atoms with van der Waals surface area (Å²) in [6.07, 6.45) is 3.57. The van der Waals surface area contributed by atoms with Crippen LogP contribution in [0.3, 0.4) is 0 Å². The number of carbonyl (C=O) groups excluding carboxylic acids is 2. The van der Waals surface area contributed by atoms with E-state index in [1.807, 2.05) is 20.5 Å². The van der Waals surface area contributed by atoms with Crippen molar-refractivity contribution in [3.05, 3.63) is 6.42 Å². The second-order valence-corrected chi connectivity index (χ2v) is 4.05. The summed E-state index contributed by atoms with van der Waals surface area (Å²) in [5, 5.41) is 0. The molecule has 2 amide bonds. The highest BCUT2D eigenvalue weighted by Gasteiger charge is 2.30. The summed E-state index contributed by atoms with van der Waals surface area (Å²) < 4.78 is 0. The molecule has 5 heteroatoms. The Balaban J connectivity index is 2.63. The van der Waals surface area contributed by atoms with Crippen LogP contribution in [0.5, 0.6) is 0 Å². The van der Waals surface area contributed by atoms with Crippen LogP contribution in [0.1, 0.15) is 12.8 Å². The molecule has 1 aliphatic rings. The minimum Gasteiger partial charge on any atom is -0.368 e. The van der Waals surface area contributed by atoms with Crippen LogP contribution in [-0.2, 0) is 9.59 Å². The number of rotatable bonds is 3. The zero-order chi connectivity index (χ0) is 11.4. The Hall–Kier alpha value is -1.10. The number of amides is 2. The van der Waals surface area contributed by atoms with Gasteiger partial charge in [0.15, 0.2) is 0 Å². The molecule has 1 rings (SSSR count). The zero-order valence-corrected chi connectivity index (χ0v) is 9.27. The van der Waals surface area contributed by atoms with Crippen LogP contribution in [0.15, 0.2) is 0 Å². The molecular weight excluding hydrogens is 194 g/mol. The maximum absolute atomic E-state index is 11.8. The van der Waals surface area contributed by atoms with Gasteiger partial charge in [-0.25, -0.2) is 0 Å². The van der Waals surface area contributed by atoms with E-state index in [-0.39, 0.29) is 5.91 Å². The number of carbonyl (C=O) groups is 2. The lowest BCUT2D eigenvalue weighted by Crippen LogP contribution is -2.52. The number of likely N-dealkylation sites (tertiary alicyclic amines) is 1. The van der Waals surface area contributed by atoms with Crippen LogP contribution in [0.25, 0.3) is 0 Å². The lowest BCUT2D eigenvalue weighted by molar-refractivity contribution is -0.139. The third kappa shape index (κ3) is 3.20. The number of nitrogens with zero attached hydrogens (tertiary/aromatic N) is 2. The van der Waals surface area contributed by atoms with Crippen LogP contribution in [0.2, 0.25) is 0 Å². The zero-order valence-electron chi connectivity index (χ0n) is 9.27. The summed E-state index contributed by atoms with van der Waals surface area (Å²) >= 11 is 0. The molecule has 0 aromatic rings. The second kappa shape index (κ2) is 5.11. The fraction of sp³-hybridized carbons (Fsp3) is 0.700. The summed E-state index contributed by atoms with van der Waals surface area (Å²) in [6, 6.07) is -0.522. The van der Waals surface area contributed by atoms with E-state index in [9.17, 15) is 9.59 Å². The van der Waals surface area contributed by atoms with Gasteiger partial charge in [-0.15, -0.1) is 0 Å². The predicted molar refractivity (Wildman–Crippen MR) is 56.8 cm³/mol. The Labute approximate surface area is 90.2 Å². The number of likely N-dealkylation sites (N-methyl/N-ethyl adjacent to an activating group) is 1. The molecule has 1 saturated heterocycles. The van der Waals surface area contributed by atoms with E-state index in [1.165, 1.54) is 0 Å². The lowest BCUT2D eigenvalue weighted by atomic mass is 10.0. The van der Waals surface area contributed by atoms with E-state index in [1.54, 1.807) is 9.80 Å². The van der Waals surface area contributed by atoms with E-state index in [0.29, 0.717) is 13.1 Å². The number of hydrogen-bond acceptors (Lipinski definition) is 3. The SMILES string of the molecule is CN(C)CC(=O)N1CCC[CH][C@@H]1C(N)=O. The molecule has 1 atom stereocenters. The van der Waals surface area contributed by atoms with Crippen molar-refractivity contribution in [3.8, 4) is 0 Å². The highest BCUT2D eigenvalue weighted by Crippen LogP contribution is 2.15. The van der Waals surface area contributed by atoms with Crippen molar-refractivity contribution < 1.29 is 9.59 Å². The molecule has 0 spiro atoms. The first-order chi connectivity index (χ1) is 7.02. The van der Waals surface area contributed by atoms with Gasteiger partial charge in [-0.2, -0.15) is 0 Å². The second-order valence-electron chi connectivity index (χ2n) is 4.05. The Kier molecular flexibility index (Phi) is 4.08. The summed E-state index contributed by atoms with van der Waals surface area (Å²) in [7, 11) is 3.65. The van der Waals surface area contributed by atoms with Crippen LogP contribution < -0.4 is 5.73 Å². The van der Waals surface area contributed by atoms with Gasteiger partial charge in [0, 0.05) is 6.54 Å². The van der Waals surface area contributed by atoms with Gasteiger partial charge in [-0.05, 0) is 33.4 Å². The van der Waals surface area contributed by atoms with Gasteiger partial charge in [-0.3, -0.25) is 9.59 Å². The van der Waals surface area contributed by atoms with E-state index in [4.69, 9.17) is 5.73 Å². The standard InChI is InChI=1S/C10H18N3O2/c1-12(2)7-9(14)13-6-4-3-5-8(13)10(11)15/h5,8H,3-4,6-7H2,1-2H3,(H2,11,15)/t8-/m1/s1. The molecule has 2 N–H and O–H groups in total. The molecule has 1 aliphatic heterocycles. The number of nitrogens with two attached hydrogens (primary N) is 1. The molecule has 0 aromatic carbocycles. The van der Waals surface area contributed by atoms with Crippen LogP contribution in [-0.4, -0.2) is 54.8 Å². The average molecular weight is 212 g/mol. The summed E-state index contributed by atoms with van der Waals surface area (Å²) in [5.74, 6) is -0.485. The fourth-order valence-corrected chi connectivity index (χ4v) is 1.71. The van der Waals surface area contributed by atoms with Gasteiger partial charge in [0.2, 0.25) is 11.8 Å². The predicted octanol–water partition coefficient (Wildman–Crippen LogP) is -0.771. The van der Waals surface area contributed by atoms with E-state index in [0.717, 1.165) is 12.8 Å². The van der Waals surface area contributed by atoms with Crippen molar-refractivity contribution in [1.29, 1.82) is 0 Å². The molecule has 1 heterocycles. The lowest BCUT2D eigenvalue weighted by Gasteiger charge is -2.34. The van der Waals surface area contributed by atoms with Crippen LogP contribution in [0, 0.1) is 6.42 Å². The molecule has 0 saturated carbocycles. The highest BCUT2D eigenvalue weighted by atomic mass is 16.2. The Morgan fingerprint density at radius 2 is 2.20 bits per heavy atom. The molecule has 1 fully saturated rings. The summed E-state index contributed by atoms with van der Waals surface area (Å²) in [5.41, 5.74) is 5.25. The monoisotopic (exact) mass is 212 g/mol. The smallest absolute Gasteiger partial charge is 0.240 e. The Bertz CT molecular complexity index is 253. The first-order valence-electron chi connectivity index (χ1n) is 5.09. The number of primary amides is 1. The van der Waals surface area contributed by atoms with Crippen molar-refractivity contribution in [3.63, 3.8) is 0 Å². The molecule has 15 heavy (non-hydrogen) atoms. The van der Waals surface area contributed by atoms with Crippen molar-refractivity contribution in [2.75, 3.05) is 27.2 Å². The number of hydrogen-bond donors (Lipinski definition) is 1. The van der Waals surface area contributed by atoms with Gasteiger partial charge in [-0.1, -0.05) is 0 Å².